The van der Waals surface area contributed by atoms with Crippen LogP contribution in [0.2, 0.25) is 0 Å². The van der Waals surface area contributed by atoms with Crippen molar-refractivity contribution >= 4 is 17.7 Å². The molecule has 9 heteroatoms. The van der Waals surface area contributed by atoms with Crippen LogP contribution < -0.4 is 10.2 Å². The van der Waals surface area contributed by atoms with Crippen LogP contribution in [0.3, 0.4) is 0 Å². The fraction of sp³-hybridized carbons (Fsp3) is 0.333. The Morgan fingerprint density at radius 1 is 1.21 bits per heavy atom. The third-order valence-corrected chi connectivity index (χ3v) is 5.56. The Kier molecular flexibility index (Phi) is 6.97. The first-order chi connectivity index (χ1) is 16.0. The van der Waals surface area contributed by atoms with Crippen molar-refractivity contribution in [1.82, 2.24) is 20.3 Å². The minimum Gasteiger partial charge on any atom is -0.442 e. The highest BCUT2D eigenvalue weighted by Crippen LogP contribution is 2.29. The molecule has 2 aromatic carbocycles. The van der Waals surface area contributed by atoms with E-state index in [0.29, 0.717) is 11.3 Å². The fourth-order valence-corrected chi connectivity index (χ4v) is 3.81. The van der Waals surface area contributed by atoms with Gasteiger partial charge in [-0.25, -0.2) is 9.18 Å². The van der Waals surface area contributed by atoms with Gasteiger partial charge in [0.25, 0.3) is 0 Å². The number of amides is 2. The number of hydrogen-bond donors (Lipinski definition) is 1. The van der Waals surface area contributed by atoms with Gasteiger partial charge in [0.05, 0.1) is 25.0 Å². The summed E-state index contributed by atoms with van der Waals surface area (Å²) in [6, 6.07) is 12.6. The first-order valence-electron chi connectivity index (χ1n) is 10.9. The van der Waals surface area contributed by atoms with E-state index >= 15 is 0 Å². The molecule has 1 aliphatic heterocycles. The molecule has 0 radical (unpaired) electrons. The number of cyclic esters (lactones) is 1. The summed E-state index contributed by atoms with van der Waals surface area (Å²) >= 11 is 0. The van der Waals surface area contributed by atoms with E-state index in [1.165, 1.54) is 23.5 Å². The van der Waals surface area contributed by atoms with Gasteiger partial charge in [0.15, 0.2) is 0 Å². The van der Waals surface area contributed by atoms with Gasteiger partial charge in [-0.15, -0.1) is 5.10 Å². The summed E-state index contributed by atoms with van der Waals surface area (Å²) in [5.74, 6) is -0.608. The molecular weight excluding hydrogens is 425 g/mol. The summed E-state index contributed by atoms with van der Waals surface area (Å²) in [7, 11) is 0. The highest BCUT2D eigenvalue weighted by atomic mass is 19.1. The number of hydrogen-bond acceptors (Lipinski definition) is 5. The van der Waals surface area contributed by atoms with E-state index in [0.717, 1.165) is 31.4 Å². The molecule has 1 N–H and O–H groups in total. The monoisotopic (exact) mass is 451 g/mol. The van der Waals surface area contributed by atoms with Gasteiger partial charge in [0, 0.05) is 25.2 Å². The Bertz CT molecular complexity index is 1100. The van der Waals surface area contributed by atoms with Gasteiger partial charge >= 0.3 is 6.09 Å². The van der Waals surface area contributed by atoms with Crippen LogP contribution in [0.5, 0.6) is 0 Å². The zero-order chi connectivity index (χ0) is 23.2. The van der Waals surface area contributed by atoms with Crippen LogP contribution >= 0.6 is 0 Å². The summed E-state index contributed by atoms with van der Waals surface area (Å²) < 4.78 is 22.0. The Morgan fingerprint density at radius 2 is 2.03 bits per heavy atom. The molecule has 0 unspecified atom stereocenters. The summed E-state index contributed by atoms with van der Waals surface area (Å²) in [5.41, 5.74) is 2.87. The van der Waals surface area contributed by atoms with E-state index in [1.54, 1.807) is 18.3 Å². The molecule has 4 rings (SSSR count). The number of nitrogens with one attached hydrogen (secondary N) is 1. The lowest BCUT2D eigenvalue weighted by molar-refractivity contribution is -0.119. The topological polar surface area (TPSA) is 89.4 Å². The van der Waals surface area contributed by atoms with Gasteiger partial charge in [-0.05, 0) is 48.6 Å². The molecule has 33 heavy (non-hydrogen) atoms. The second-order valence-electron chi connectivity index (χ2n) is 8.04. The van der Waals surface area contributed by atoms with Crippen LogP contribution in [0, 0.1) is 5.82 Å². The van der Waals surface area contributed by atoms with Crippen LogP contribution in [0.1, 0.15) is 25.3 Å². The van der Waals surface area contributed by atoms with Crippen molar-refractivity contribution in [3.8, 4) is 11.1 Å². The summed E-state index contributed by atoms with van der Waals surface area (Å²) in [5, 5.41) is 10.4. The second-order valence-corrected chi connectivity index (χ2v) is 8.04. The third-order valence-electron chi connectivity index (χ3n) is 5.56. The number of benzene rings is 2. The lowest BCUT2D eigenvalue weighted by Gasteiger charge is -2.15. The number of nitrogens with zero attached hydrogens (tertiary/aromatic N) is 4. The maximum Gasteiger partial charge on any atom is 0.414 e. The van der Waals surface area contributed by atoms with Crippen molar-refractivity contribution in [1.29, 1.82) is 0 Å². The minimum absolute atomic E-state index is 0.197. The number of anilines is 1. The molecule has 1 saturated heterocycles. The molecule has 1 aromatic heterocycles. The maximum atomic E-state index is 14.9. The van der Waals surface area contributed by atoms with E-state index in [9.17, 15) is 14.0 Å². The molecule has 2 amide bonds. The molecule has 172 valence electrons. The van der Waals surface area contributed by atoms with Crippen LogP contribution in [-0.2, 0) is 22.5 Å². The lowest BCUT2D eigenvalue weighted by atomic mass is 10.0. The van der Waals surface area contributed by atoms with Crippen molar-refractivity contribution in [2.75, 3.05) is 18.0 Å². The lowest BCUT2D eigenvalue weighted by Crippen LogP contribution is -2.33. The molecular formula is C24H26FN5O3. The number of aromatic nitrogens is 3. The third kappa shape index (κ3) is 5.74. The van der Waals surface area contributed by atoms with Gasteiger partial charge < -0.3 is 10.1 Å². The predicted octanol–water partition coefficient (Wildman–Crippen LogP) is 3.57. The number of carbonyl (C=O) groups is 2. The zero-order valence-electron chi connectivity index (χ0n) is 18.4. The number of ether oxygens (including phenoxy) is 1. The summed E-state index contributed by atoms with van der Waals surface area (Å²) in [6.45, 7) is 2.72. The Hall–Kier alpha value is -3.75. The Morgan fingerprint density at radius 3 is 2.73 bits per heavy atom. The molecule has 0 aliphatic carbocycles. The van der Waals surface area contributed by atoms with Crippen LogP contribution in [0.25, 0.3) is 11.1 Å². The van der Waals surface area contributed by atoms with Crippen molar-refractivity contribution in [3.05, 3.63) is 66.2 Å². The van der Waals surface area contributed by atoms with E-state index in [2.05, 4.69) is 15.6 Å². The molecule has 3 aromatic rings. The first-order valence-corrected chi connectivity index (χ1v) is 10.9. The normalized spacial score (nSPS) is 15.5. The largest absolute Gasteiger partial charge is 0.442 e. The summed E-state index contributed by atoms with van der Waals surface area (Å²) in [6.07, 6.45) is 5.48. The standard InChI is InChI=1S/C24H26FN5O3/c1-17(31)26-15-21-16-30(24(32)33-21)20-9-10-22(23(25)14-20)19-7-5-18(6-8-19)4-2-3-12-29-13-11-27-28-29/h5-11,13-14,21H,2-4,12,15-16H2,1H3,(H,26,31)/t21-/m0/s1. The van der Waals surface area contributed by atoms with Crippen molar-refractivity contribution < 1.29 is 18.7 Å². The fourth-order valence-electron chi connectivity index (χ4n) is 3.81. The van der Waals surface area contributed by atoms with Gasteiger partial charge in [0.2, 0.25) is 5.91 Å². The van der Waals surface area contributed by atoms with Gasteiger partial charge in [0.1, 0.15) is 11.9 Å². The highest BCUT2D eigenvalue weighted by Gasteiger charge is 2.32. The predicted molar refractivity (Wildman–Crippen MR) is 121 cm³/mol. The molecule has 2 heterocycles. The van der Waals surface area contributed by atoms with Crippen molar-refractivity contribution in [2.45, 2.75) is 38.8 Å². The van der Waals surface area contributed by atoms with Crippen molar-refractivity contribution in [3.63, 3.8) is 0 Å². The molecule has 0 saturated carbocycles. The van der Waals surface area contributed by atoms with Gasteiger partial charge in [-0.1, -0.05) is 29.5 Å². The molecule has 0 spiro atoms. The second kappa shape index (κ2) is 10.2. The Labute approximate surface area is 191 Å². The van der Waals surface area contributed by atoms with E-state index in [1.807, 2.05) is 35.1 Å². The highest BCUT2D eigenvalue weighted by molar-refractivity contribution is 5.90. The molecule has 1 aliphatic rings. The number of unbranched alkanes of at least 4 members (excludes halogenated alkanes) is 1. The molecule has 1 atom stereocenters. The minimum atomic E-state index is -0.550. The quantitative estimate of drug-likeness (QED) is 0.503. The van der Waals surface area contributed by atoms with Crippen LogP contribution in [0.15, 0.2) is 54.9 Å². The van der Waals surface area contributed by atoms with Crippen LogP contribution in [-0.4, -0.2) is 46.2 Å². The Balaban J connectivity index is 1.34. The average Bonchev–Trinajstić information content (AvgIpc) is 3.45. The number of aryl methyl sites for hydroxylation is 2. The van der Waals surface area contributed by atoms with E-state index in [-0.39, 0.29) is 19.0 Å². The molecule has 8 nitrogen and oxygen atoms in total. The first kappa shape index (κ1) is 22.4. The van der Waals surface area contributed by atoms with E-state index in [4.69, 9.17) is 4.74 Å². The number of carbonyl (C=O) groups excluding carboxylic acids is 2. The molecule has 1 fully saturated rings. The number of halogens is 1. The van der Waals surface area contributed by atoms with Gasteiger partial charge in [-0.3, -0.25) is 14.4 Å². The maximum absolute atomic E-state index is 14.9. The molecule has 0 bridgehead atoms. The SMILES string of the molecule is CC(=O)NC[C@H]1CN(c2ccc(-c3ccc(CCCCn4ccnn4)cc3)c(F)c2)C(=O)O1. The van der Waals surface area contributed by atoms with Crippen LogP contribution in [0.4, 0.5) is 14.9 Å². The average molecular weight is 452 g/mol. The van der Waals surface area contributed by atoms with E-state index < -0.39 is 18.0 Å². The summed E-state index contributed by atoms with van der Waals surface area (Å²) in [4.78, 5) is 24.6. The number of rotatable bonds is 9. The van der Waals surface area contributed by atoms with Crippen molar-refractivity contribution in [2.24, 2.45) is 0 Å². The van der Waals surface area contributed by atoms with Gasteiger partial charge in [-0.2, -0.15) is 0 Å². The smallest absolute Gasteiger partial charge is 0.414 e. The zero-order valence-corrected chi connectivity index (χ0v) is 18.4.